The average Bonchev–Trinajstić information content (AvgIpc) is 2.81. The van der Waals surface area contributed by atoms with Crippen molar-refractivity contribution >= 4 is 22.7 Å². The number of fused-ring (bicyclic) bond motifs is 1. The van der Waals surface area contributed by atoms with Gasteiger partial charge in [0.25, 0.3) is 0 Å². The molecule has 98 valence electrons. The number of rotatable bonds is 5. The molecule has 0 saturated carbocycles. The molecule has 0 saturated heterocycles. The standard InChI is InChI=1S/C14H18FNOS/c1-3-9(2)18-8-12(16)13-7-10-5-4-6-11(15)14(10)17-13/h4-7,9,12H,3,8,16H2,1-2H3. The molecule has 0 spiro atoms. The highest BCUT2D eigenvalue weighted by Crippen LogP contribution is 2.27. The third kappa shape index (κ3) is 2.87. The lowest BCUT2D eigenvalue weighted by atomic mass is 10.2. The zero-order valence-electron chi connectivity index (χ0n) is 10.7. The molecule has 0 bridgehead atoms. The van der Waals surface area contributed by atoms with Crippen molar-refractivity contribution in [3.05, 3.63) is 35.8 Å². The molecule has 0 aliphatic rings. The third-order valence-electron chi connectivity index (χ3n) is 3.02. The zero-order chi connectivity index (χ0) is 13.1. The smallest absolute Gasteiger partial charge is 0.169 e. The Morgan fingerprint density at radius 1 is 1.44 bits per heavy atom. The van der Waals surface area contributed by atoms with Crippen LogP contribution in [-0.4, -0.2) is 11.0 Å². The number of nitrogens with two attached hydrogens (primary N) is 1. The molecule has 0 radical (unpaired) electrons. The van der Waals surface area contributed by atoms with Gasteiger partial charge in [0.05, 0.1) is 6.04 Å². The Bertz CT molecular complexity index is 525. The minimum absolute atomic E-state index is 0.184. The highest BCUT2D eigenvalue weighted by molar-refractivity contribution is 7.99. The molecule has 2 N–H and O–H groups in total. The highest BCUT2D eigenvalue weighted by Gasteiger charge is 2.15. The Morgan fingerprint density at radius 2 is 2.22 bits per heavy atom. The first kappa shape index (κ1) is 13.4. The Kier molecular flexibility index (Phi) is 4.30. The molecule has 18 heavy (non-hydrogen) atoms. The van der Waals surface area contributed by atoms with Gasteiger partial charge in [0.2, 0.25) is 0 Å². The molecule has 0 fully saturated rings. The monoisotopic (exact) mass is 267 g/mol. The largest absolute Gasteiger partial charge is 0.456 e. The van der Waals surface area contributed by atoms with Crippen molar-refractivity contribution in [2.75, 3.05) is 5.75 Å². The van der Waals surface area contributed by atoms with E-state index in [4.69, 9.17) is 10.2 Å². The molecule has 4 heteroatoms. The normalized spacial score (nSPS) is 14.9. The number of para-hydroxylation sites is 1. The first-order valence-corrected chi connectivity index (χ1v) is 7.21. The quantitative estimate of drug-likeness (QED) is 0.886. The van der Waals surface area contributed by atoms with Crippen molar-refractivity contribution in [3.8, 4) is 0 Å². The third-order valence-corrected chi connectivity index (χ3v) is 4.47. The van der Waals surface area contributed by atoms with E-state index in [-0.39, 0.29) is 11.9 Å². The molecule has 2 aromatic rings. The number of hydrogen-bond donors (Lipinski definition) is 1. The SMILES string of the molecule is CCC(C)SCC(N)c1cc2cccc(F)c2o1. The lowest BCUT2D eigenvalue weighted by molar-refractivity contribution is 0.495. The Balaban J connectivity index is 2.13. The molecule has 2 nitrogen and oxygen atoms in total. The first-order chi connectivity index (χ1) is 8.61. The van der Waals surface area contributed by atoms with E-state index in [2.05, 4.69) is 13.8 Å². The summed E-state index contributed by atoms with van der Waals surface area (Å²) in [5.41, 5.74) is 6.38. The molecule has 1 aromatic carbocycles. The maximum Gasteiger partial charge on any atom is 0.169 e. The summed E-state index contributed by atoms with van der Waals surface area (Å²) in [5.74, 6) is 1.11. The van der Waals surface area contributed by atoms with Gasteiger partial charge in [-0.15, -0.1) is 0 Å². The number of thioether (sulfide) groups is 1. The van der Waals surface area contributed by atoms with Gasteiger partial charge >= 0.3 is 0 Å². The summed E-state index contributed by atoms with van der Waals surface area (Å²) in [7, 11) is 0. The van der Waals surface area contributed by atoms with Crippen molar-refractivity contribution in [1.82, 2.24) is 0 Å². The molecule has 2 unspecified atom stereocenters. The van der Waals surface area contributed by atoms with E-state index >= 15 is 0 Å². The summed E-state index contributed by atoms with van der Waals surface area (Å²) in [5, 5.41) is 1.35. The van der Waals surface area contributed by atoms with E-state index < -0.39 is 0 Å². The highest BCUT2D eigenvalue weighted by atomic mass is 32.2. The van der Waals surface area contributed by atoms with Crippen LogP contribution in [0.3, 0.4) is 0 Å². The topological polar surface area (TPSA) is 39.2 Å². The molecule has 1 aromatic heterocycles. The minimum Gasteiger partial charge on any atom is -0.456 e. The number of benzene rings is 1. The van der Waals surface area contributed by atoms with Gasteiger partial charge in [-0.1, -0.05) is 26.0 Å². The summed E-state index contributed by atoms with van der Waals surface area (Å²) in [6.07, 6.45) is 1.12. The van der Waals surface area contributed by atoms with Crippen molar-refractivity contribution in [1.29, 1.82) is 0 Å². The Labute approximate surface area is 111 Å². The van der Waals surface area contributed by atoms with E-state index in [0.29, 0.717) is 16.6 Å². The van der Waals surface area contributed by atoms with Gasteiger partial charge < -0.3 is 10.2 Å². The summed E-state index contributed by atoms with van der Waals surface area (Å²) in [6, 6.07) is 6.56. The van der Waals surface area contributed by atoms with E-state index in [1.807, 2.05) is 23.9 Å². The molecule has 2 rings (SSSR count). The van der Waals surface area contributed by atoms with Crippen molar-refractivity contribution < 1.29 is 8.81 Å². The van der Waals surface area contributed by atoms with Crippen LogP contribution in [0.1, 0.15) is 32.1 Å². The summed E-state index contributed by atoms with van der Waals surface area (Å²) >= 11 is 1.81. The maximum atomic E-state index is 13.5. The zero-order valence-corrected chi connectivity index (χ0v) is 11.5. The molecule has 0 aliphatic heterocycles. The second-order valence-electron chi connectivity index (χ2n) is 4.47. The van der Waals surface area contributed by atoms with Crippen LogP contribution in [0.2, 0.25) is 0 Å². The van der Waals surface area contributed by atoms with Gasteiger partial charge in [0.1, 0.15) is 5.76 Å². The molecular formula is C14H18FNOS. The minimum atomic E-state index is -0.333. The van der Waals surface area contributed by atoms with Crippen LogP contribution < -0.4 is 5.73 Å². The summed E-state index contributed by atoms with van der Waals surface area (Å²) in [4.78, 5) is 0. The van der Waals surface area contributed by atoms with Crippen molar-refractivity contribution in [3.63, 3.8) is 0 Å². The second kappa shape index (κ2) is 5.76. The van der Waals surface area contributed by atoms with E-state index in [1.54, 1.807) is 6.07 Å². The fourth-order valence-electron chi connectivity index (χ4n) is 1.70. The van der Waals surface area contributed by atoms with Gasteiger partial charge in [-0.05, 0) is 18.6 Å². The van der Waals surface area contributed by atoms with Crippen LogP contribution in [0.4, 0.5) is 4.39 Å². The molecule has 0 amide bonds. The maximum absolute atomic E-state index is 13.5. The summed E-state index contributed by atoms with van der Waals surface area (Å²) in [6.45, 7) is 4.33. The second-order valence-corrected chi connectivity index (χ2v) is 5.94. The van der Waals surface area contributed by atoms with Crippen molar-refractivity contribution in [2.24, 2.45) is 5.73 Å². The Hall–Kier alpha value is -1.00. The van der Waals surface area contributed by atoms with Gasteiger partial charge in [-0.3, -0.25) is 0 Å². The van der Waals surface area contributed by atoms with Gasteiger partial charge in [-0.2, -0.15) is 11.8 Å². The van der Waals surface area contributed by atoms with Crippen LogP contribution in [0, 0.1) is 5.82 Å². The van der Waals surface area contributed by atoms with E-state index in [9.17, 15) is 4.39 Å². The number of hydrogen-bond acceptors (Lipinski definition) is 3. The van der Waals surface area contributed by atoms with Gasteiger partial charge in [0.15, 0.2) is 11.4 Å². The molecular weight excluding hydrogens is 249 g/mol. The summed E-state index contributed by atoms with van der Waals surface area (Å²) < 4.78 is 19.0. The van der Waals surface area contributed by atoms with Gasteiger partial charge in [-0.25, -0.2) is 4.39 Å². The van der Waals surface area contributed by atoms with Crippen LogP contribution >= 0.6 is 11.8 Å². The predicted octanol–water partition coefficient (Wildman–Crippen LogP) is 4.10. The first-order valence-electron chi connectivity index (χ1n) is 6.17. The van der Waals surface area contributed by atoms with Crippen molar-refractivity contribution in [2.45, 2.75) is 31.6 Å². The lowest BCUT2D eigenvalue weighted by Gasteiger charge is -2.11. The molecule has 2 atom stereocenters. The van der Waals surface area contributed by atoms with E-state index in [0.717, 1.165) is 17.6 Å². The van der Waals surface area contributed by atoms with Gasteiger partial charge in [0, 0.05) is 16.4 Å². The van der Waals surface area contributed by atoms with Crippen LogP contribution in [0.15, 0.2) is 28.7 Å². The predicted molar refractivity (Wildman–Crippen MR) is 75.3 cm³/mol. The van der Waals surface area contributed by atoms with Crippen LogP contribution in [-0.2, 0) is 0 Å². The molecule has 1 heterocycles. The van der Waals surface area contributed by atoms with E-state index in [1.165, 1.54) is 6.07 Å². The average molecular weight is 267 g/mol. The number of furan rings is 1. The lowest BCUT2D eigenvalue weighted by Crippen LogP contribution is -2.13. The Morgan fingerprint density at radius 3 is 2.89 bits per heavy atom. The fourth-order valence-corrected chi connectivity index (χ4v) is 2.63. The number of halogens is 1. The van der Waals surface area contributed by atoms with Crippen LogP contribution in [0.25, 0.3) is 11.0 Å². The molecule has 0 aliphatic carbocycles. The fraction of sp³-hybridized carbons (Fsp3) is 0.429. The van der Waals surface area contributed by atoms with Crippen LogP contribution in [0.5, 0.6) is 0 Å².